The smallest absolute Gasteiger partial charge is 0.267 e. The fourth-order valence-electron chi connectivity index (χ4n) is 1.57. The summed E-state index contributed by atoms with van der Waals surface area (Å²) in [5.74, 6) is 0.664. The summed E-state index contributed by atoms with van der Waals surface area (Å²) in [5.41, 5.74) is 5.54. The molecule has 2 heterocycles. The Kier molecular flexibility index (Phi) is 2.11. The van der Waals surface area contributed by atoms with Crippen LogP contribution < -0.4 is 16.2 Å². The first-order chi connectivity index (χ1) is 6.49. The number of nitrogens with zero attached hydrogens (tertiary/aromatic N) is 2. The summed E-state index contributed by atoms with van der Waals surface area (Å²) in [6, 6.07) is 0. The van der Waals surface area contributed by atoms with E-state index in [0.717, 1.165) is 13.1 Å². The van der Waals surface area contributed by atoms with Gasteiger partial charge in [0.15, 0.2) is 0 Å². The van der Waals surface area contributed by atoms with Gasteiger partial charge in [-0.2, -0.15) is 0 Å². The normalized spacial score (nSPS) is 19.2. The van der Waals surface area contributed by atoms with Gasteiger partial charge in [-0.05, 0) is 22.9 Å². The third kappa shape index (κ3) is 1.55. The van der Waals surface area contributed by atoms with Crippen LogP contribution >= 0.6 is 15.9 Å². The summed E-state index contributed by atoms with van der Waals surface area (Å²) in [6.07, 6.45) is 1.40. The van der Waals surface area contributed by atoms with Crippen LogP contribution in [0.2, 0.25) is 0 Å². The Morgan fingerprint density at radius 2 is 2.36 bits per heavy atom. The predicted octanol–water partition coefficient (Wildman–Crippen LogP) is 0.0698. The Labute approximate surface area is 89.5 Å². The molecule has 76 valence electrons. The van der Waals surface area contributed by atoms with Crippen LogP contribution in [0.3, 0.4) is 0 Å². The first kappa shape index (κ1) is 9.67. The maximum absolute atomic E-state index is 11.2. The lowest BCUT2D eigenvalue weighted by Crippen LogP contribution is -2.66. The number of rotatable bonds is 1. The number of H-pyrrole nitrogens is 1. The average Bonchev–Trinajstić information content (AvgIpc) is 2.06. The highest BCUT2D eigenvalue weighted by Crippen LogP contribution is 2.27. The standard InChI is InChI=1S/C8H11BrN4O/c1-8(10)2-13(3-8)6-5(9)7(14)12-4-11-6/h4H,2-3,10H2,1H3,(H,11,12,14). The third-order valence-corrected chi connectivity index (χ3v) is 2.90. The molecule has 1 fully saturated rings. The first-order valence-corrected chi connectivity index (χ1v) is 5.06. The topological polar surface area (TPSA) is 75.0 Å². The molecule has 0 saturated carbocycles. The van der Waals surface area contributed by atoms with Gasteiger partial charge in [-0.25, -0.2) is 4.98 Å². The highest BCUT2D eigenvalue weighted by molar-refractivity contribution is 9.10. The fraction of sp³-hybridized carbons (Fsp3) is 0.500. The number of anilines is 1. The number of nitrogens with two attached hydrogens (primary N) is 1. The van der Waals surface area contributed by atoms with Crippen molar-refractivity contribution < 1.29 is 0 Å². The quantitative estimate of drug-likeness (QED) is 0.748. The number of aromatic nitrogens is 2. The number of hydrogen-bond acceptors (Lipinski definition) is 4. The lowest BCUT2D eigenvalue weighted by molar-refractivity contribution is 0.362. The molecule has 0 aromatic carbocycles. The van der Waals surface area contributed by atoms with E-state index >= 15 is 0 Å². The van der Waals surface area contributed by atoms with E-state index in [1.165, 1.54) is 6.33 Å². The highest BCUT2D eigenvalue weighted by Gasteiger charge is 2.36. The van der Waals surface area contributed by atoms with Gasteiger partial charge in [-0.3, -0.25) is 4.79 Å². The molecule has 2 rings (SSSR count). The number of hydrogen-bond donors (Lipinski definition) is 2. The van der Waals surface area contributed by atoms with E-state index in [-0.39, 0.29) is 11.1 Å². The lowest BCUT2D eigenvalue weighted by Gasteiger charge is -2.46. The molecule has 0 spiro atoms. The van der Waals surface area contributed by atoms with Gasteiger partial charge < -0.3 is 15.6 Å². The zero-order valence-corrected chi connectivity index (χ0v) is 9.34. The summed E-state index contributed by atoms with van der Waals surface area (Å²) < 4.78 is 0.468. The van der Waals surface area contributed by atoms with Crippen molar-refractivity contribution in [1.82, 2.24) is 9.97 Å². The van der Waals surface area contributed by atoms with E-state index in [1.807, 2.05) is 11.8 Å². The molecule has 6 heteroatoms. The van der Waals surface area contributed by atoms with Gasteiger partial charge in [-0.1, -0.05) is 0 Å². The lowest BCUT2D eigenvalue weighted by atomic mass is 9.94. The van der Waals surface area contributed by atoms with Crippen molar-refractivity contribution in [1.29, 1.82) is 0 Å². The summed E-state index contributed by atoms with van der Waals surface area (Å²) >= 11 is 3.20. The van der Waals surface area contributed by atoms with Crippen LogP contribution in [-0.4, -0.2) is 28.6 Å². The maximum atomic E-state index is 11.2. The van der Waals surface area contributed by atoms with Crippen molar-refractivity contribution in [2.75, 3.05) is 18.0 Å². The molecule has 1 aliphatic heterocycles. The predicted molar refractivity (Wildman–Crippen MR) is 57.4 cm³/mol. The van der Waals surface area contributed by atoms with Crippen molar-refractivity contribution in [3.8, 4) is 0 Å². The second-order valence-electron chi connectivity index (χ2n) is 3.88. The molecule has 5 nitrogen and oxygen atoms in total. The number of aromatic amines is 1. The van der Waals surface area contributed by atoms with Crippen molar-refractivity contribution in [2.45, 2.75) is 12.5 Å². The minimum absolute atomic E-state index is 0.163. The van der Waals surface area contributed by atoms with Crippen LogP contribution in [0.1, 0.15) is 6.92 Å². The van der Waals surface area contributed by atoms with E-state index in [0.29, 0.717) is 10.3 Å². The molecule has 1 aromatic heterocycles. The van der Waals surface area contributed by atoms with Crippen LogP contribution in [0.4, 0.5) is 5.82 Å². The summed E-state index contributed by atoms with van der Waals surface area (Å²) in [4.78, 5) is 19.8. The molecule has 14 heavy (non-hydrogen) atoms. The van der Waals surface area contributed by atoms with E-state index in [2.05, 4.69) is 25.9 Å². The maximum Gasteiger partial charge on any atom is 0.267 e. The monoisotopic (exact) mass is 258 g/mol. The minimum atomic E-state index is -0.166. The van der Waals surface area contributed by atoms with E-state index < -0.39 is 0 Å². The molecule has 1 aromatic rings. The number of nitrogens with one attached hydrogen (secondary N) is 1. The third-order valence-electron chi connectivity index (χ3n) is 2.18. The van der Waals surface area contributed by atoms with Crippen molar-refractivity contribution in [3.63, 3.8) is 0 Å². The Morgan fingerprint density at radius 1 is 1.71 bits per heavy atom. The molecular formula is C8H11BrN4O. The van der Waals surface area contributed by atoms with Gasteiger partial charge >= 0.3 is 0 Å². The Hall–Kier alpha value is -0.880. The molecule has 0 unspecified atom stereocenters. The van der Waals surface area contributed by atoms with Crippen LogP contribution in [0, 0.1) is 0 Å². The second-order valence-corrected chi connectivity index (χ2v) is 4.67. The molecule has 1 saturated heterocycles. The van der Waals surface area contributed by atoms with Gasteiger partial charge in [0.25, 0.3) is 5.56 Å². The zero-order chi connectivity index (χ0) is 10.3. The van der Waals surface area contributed by atoms with Crippen LogP contribution in [-0.2, 0) is 0 Å². The Morgan fingerprint density at radius 3 is 2.93 bits per heavy atom. The van der Waals surface area contributed by atoms with E-state index in [4.69, 9.17) is 5.73 Å². The molecule has 1 aliphatic rings. The van der Waals surface area contributed by atoms with Crippen molar-refractivity contribution in [3.05, 3.63) is 21.2 Å². The molecule has 0 radical (unpaired) electrons. The second kappa shape index (κ2) is 3.06. The van der Waals surface area contributed by atoms with E-state index in [9.17, 15) is 4.79 Å². The first-order valence-electron chi connectivity index (χ1n) is 4.27. The average molecular weight is 259 g/mol. The highest BCUT2D eigenvalue weighted by atomic mass is 79.9. The SMILES string of the molecule is CC1(N)CN(c2nc[nH]c(=O)c2Br)C1. The van der Waals surface area contributed by atoms with Gasteiger partial charge in [0.2, 0.25) is 0 Å². The molecule has 0 bridgehead atoms. The molecule has 0 atom stereocenters. The van der Waals surface area contributed by atoms with Gasteiger partial charge in [0.05, 0.1) is 6.33 Å². The van der Waals surface area contributed by atoms with Crippen molar-refractivity contribution in [2.24, 2.45) is 5.73 Å². The summed E-state index contributed by atoms with van der Waals surface area (Å²) in [5, 5.41) is 0. The summed E-state index contributed by atoms with van der Waals surface area (Å²) in [6.45, 7) is 3.43. The van der Waals surface area contributed by atoms with Crippen LogP contribution in [0.15, 0.2) is 15.6 Å². The van der Waals surface area contributed by atoms with Crippen LogP contribution in [0.25, 0.3) is 0 Å². The molecule has 0 amide bonds. The van der Waals surface area contributed by atoms with Gasteiger partial charge in [0.1, 0.15) is 10.3 Å². The Balaban J connectivity index is 2.27. The molecule has 0 aliphatic carbocycles. The fourth-order valence-corrected chi connectivity index (χ4v) is 2.04. The minimum Gasteiger partial charge on any atom is -0.352 e. The summed E-state index contributed by atoms with van der Waals surface area (Å²) in [7, 11) is 0. The molecular weight excluding hydrogens is 248 g/mol. The van der Waals surface area contributed by atoms with Gasteiger partial charge in [-0.15, -0.1) is 0 Å². The van der Waals surface area contributed by atoms with Crippen LogP contribution in [0.5, 0.6) is 0 Å². The molecule has 3 N–H and O–H groups in total. The number of halogens is 1. The van der Waals surface area contributed by atoms with Crippen molar-refractivity contribution >= 4 is 21.7 Å². The zero-order valence-electron chi connectivity index (χ0n) is 7.75. The largest absolute Gasteiger partial charge is 0.352 e. The Bertz CT molecular complexity index is 406. The van der Waals surface area contributed by atoms with Gasteiger partial charge in [0, 0.05) is 18.6 Å². The van der Waals surface area contributed by atoms with E-state index in [1.54, 1.807) is 0 Å².